The van der Waals surface area contributed by atoms with Crippen molar-refractivity contribution in [1.29, 1.82) is 0 Å². The molecule has 4 aromatic rings. The molecule has 0 radical (unpaired) electrons. The van der Waals surface area contributed by atoms with Gasteiger partial charge in [0, 0.05) is 29.9 Å². The van der Waals surface area contributed by atoms with Crippen LogP contribution in [0.15, 0.2) is 65.6 Å². The van der Waals surface area contributed by atoms with Crippen molar-refractivity contribution in [3.63, 3.8) is 0 Å². The molecule has 3 aromatic heterocycles. The molecule has 0 aliphatic carbocycles. The normalized spacial score (nSPS) is 15.7. The van der Waals surface area contributed by atoms with Gasteiger partial charge in [-0.15, -0.1) is 11.8 Å². The quantitative estimate of drug-likeness (QED) is 0.350. The van der Waals surface area contributed by atoms with Crippen LogP contribution in [0, 0.1) is 6.92 Å². The highest BCUT2D eigenvalue weighted by atomic mass is 32.2. The fourth-order valence-electron chi connectivity index (χ4n) is 4.63. The van der Waals surface area contributed by atoms with Gasteiger partial charge in [-0.25, -0.2) is 4.68 Å². The van der Waals surface area contributed by atoms with E-state index in [0.29, 0.717) is 12.4 Å². The number of aryl methyl sites for hydroxylation is 1. The first kappa shape index (κ1) is 26.2. The van der Waals surface area contributed by atoms with E-state index in [1.165, 1.54) is 0 Å². The summed E-state index contributed by atoms with van der Waals surface area (Å²) in [5.41, 5.74) is 5.67. The first-order valence-corrected chi connectivity index (χ1v) is 14.5. The van der Waals surface area contributed by atoms with Crippen LogP contribution in [0.1, 0.15) is 54.0 Å². The number of fused-ring (bicyclic) bond motifs is 1. The monoisotopic (exact) mass is 545 g/mol. The lowest BCUT2D eigenvalue weighted by molar-refractivity contribution is -0.123. The van der Waals surface area contributed by atoms with Crippen LogP contribution in [0.25, 0.3) is 5.69 Å². The van der Waals surface area contributed by atoms with Crippen LogP contribution in [0.2, 0.25) is 0 Å². The number of para-hydroxylation sites is 1. The summed E-state index contributed by atoms with van der Waals surface area (Å²) in [7, 11) is 0. The molecule has 0 fully saturated rings. The number of thiophene rings is 1. The van der Waals surface area contributed by atoms with E-state index in [9.17, 15) is 9.59 Å². The number of benzene rings is 1. The van der Waals surface area contributed by atoms with Gasteiger partial charge < -0.3 is 5.32 Å². The molecule has 0 spiro atoms. The van der Waals surface area contributed by atoms with Crippen LogP contribution in [-0.4, -0.2) is 38.9 Å². The van der Waals surface area contributed by atoms with Crippen molar-refractivity contribution < 1.29 is 9.59 Å². The Labute approximate surface area is 231 Å². The summed E-state index contributed by atoms with van der Waals surface area (Å²) in [5, 5.41) is 12.3. The van der Waals surface area contributed by atoms with Crippen molar-refractivity contribution >= 4 is 40.7 Å². The summed E-state index contributed by atoms with van der Waals surface area (Å²) >= 11 is 3.24. The molecule has 2 amide bonds. The maximum absolute atomic E-state index is 13.7. The molecule has 196 valence electrons. The van der Waals surface area contributed by atoms with E-state index >= 15 is 0 Å². The van der Waals surface area contributed by atoms with Gasteiger partial charge in [0.2, 0.25) is 11.8 Å². The van der Waals surface area contributed by atoms with Gasteiger partial charge in [0.05, 0.1) is 22.4 Å². The fourth-order valence-corrected chi connectivity index (χ4v) is 6.59. The Morgan fingerprint density at radius 1 is 1.13 bits per heavy atom. The molecule has 4 heterocycles. The molecule has 5 rings (SSSR count). The van der Waals surface area contributed by atoms with Crippen LogP contribution < -0.4 is 10.2 Å². The first-order chi connectivity index (χ1) is 18.2. The zero-order valence-corrected chi connectivity index (χ0v) is 23.6. The zero-order chi connectivity index (χ0) is 26.9. The van der Waals surface area contributed by atoms with Gasteiger partial charge in [0.1, 0.15) is 12.4 Å². The number of amides is 2. The number of nitrogens with one attached hydrogen (secondary N) is 1. The van der Waals surface area contributed by atoms with Crippen molar-refractivity contribution in [1.82, 2.24) is 20.1 Å². The number of thioether (sulfide) groups is 1. The van der Waals surface area contributed by atoms with Gasteiger partial charge in [-0.3, -0.25) is 19.5 Å². The fraction of sp³-hybridized carbons (Fsp3) is 0.310. The summed E-state index contributed by atoms with van der Waals surface area (Å²) < 4.78 is 1.88. The number of carbonyl (C=O) groups is 2. The first-order valence-electron chi connectivity index (χ1n) is 12.5. The van der Waals surface area contributed by atoms with Crippen molar-refractivity contribution in [2.75, 3.05) is 17.2 Å². The molecular formula is C29H31N5O2S2. The molecule has 7 nitrogen and oxygen atoms in total. The van der Waals surface area contributed by atoms with Gasteiger partial charge in [-0.05, 0) is 58.6 Å². The number of anilines is 1. The number of pyridine rings is 1. The Hall–Kier alpha value is -3.43. The second kappa shape index (κ2) is 10.7. The van der Waals surface area contributed by atoms with Crippen molar-refractivity contribution in [3.05, 3.63) is 93.6 Å². The Morgan fingerprint density at radius 3 is 2.58 bits per heavy atom. The van der Waals surface area contributed by atoms with E-state index in [-0.39, 0.29) is 34.8 Å². The number of nitrogens with zero attached hydrogens (tertiary/aromatic N) is 4. The number of hydrogen-bond donors (Lipinski definition) is 1. The molecule has 0 unspecified atom stereocenters. The Morgan fingerprint density at radius 2 is 1.89 bits per heavy atom. The average molecular weight is 546 g/mol. The molecular weight excluding hydrogens is 514 g/mol. The highest BCUT2D eigenvalue weighted by molar-refractivity contribution is 8.00. The number of carbonyl (C=O) groups excluding carboxylic acids is 2. The molecule has 1 N–H and O–H groups in total. The SMILES string of the molecule is Cc1ccccc1-n1nc(C(C)(C)C)c2c1N(CC(=O)NCc1ccncc1)C(=O)CS[C@@H]2c1ccsc1. The third kappa shape index (κ3) is 5.26. The maximum atomic E-state index is 13.7. The Balaban J connectivity index is 1.64. The summed E-state index contributed by atoms with van der Waals surface area (Å²) in [6.07, 6.45) is 3.39. The third-order valence-corrected chi connectivity index (χ3v) is 8.49. The van der Waals surface area contributed by atoms with Gasteiger partial charge in [-0.2, -0.15) is 16.4 Å². The van der Waals surface area contributed by atoms with Gasteiger partial charge in [0.15, 0.2) is 0 Å². The Bertz CT molecular complexity index is 1440. The predicted molar refractivity (Wildman–Crippen MR) is 154 cm³/mol. The van der Waals surface area contributed by atoms with E-state index in [1.54, 1.807) is 40.4 Å². The minimum absolute atomic E-state index is 0.0722. The van der Waals surface area contributed by atoms with Crippen LogP contribution >= 0.6 is 23.1 Å². The minimum atomic E-state index is -0.282. The van der Waals surface area contributed by atoms with Crippen LogP contribution in [0.3, 0.4) is 0 Å². The van der Waals surface area contributed by atoms with E-state index in [4.69, 9.17) is 5.10 Å². The lowest BCUT2D eigenvalue weighted by atomic mass is 9.87. The van der Waals surface area contributed by atoms with Gasteiger partial charge in [-0.1, -0.05) is 39.0 Å². The van der Waals surface area contributed by atoms with Gasteiger partial charge in [0.25, 0.3) is 0 Å². The summed E-state index contributed by atoms with van der Waals surface area (Å²) in [6, 6.07) is 13.9. The molecule has 1 aliphatic heterocycles. The molecule has 9 heteroatoms. The highest BCUT2D eigenvalue weighted by Gasteiger charge is 2.40. The molecule has 38 heavy (non-hydrogen) atoms. The average Bonchev–Trinajstić information content (AvgIpc) is 3.54. The molecule has 1 atom stereocenters. The van der Waals surface area contributed by atoms with Crippen molar-refractivity contribution in [3.8, 4) is 5.69 Å². The second-order valence-corrected chi connectivity index (χ2v) is 12.3. The minimum Gasteiger partial charge on any atom is -0.350 e. The summed E-state index contributed by atoms with van der Waals surface area (Å²) in [6.45, 7) is 8.75. The van der Waals surface area contributed by atoms with Crippen LogP contribution in [-0.2, 0) is 21.5 Å². The van der Waals surface area contributed by atoms with Crippen molar-refractivity contribution in [2.45, 2.75) is 44.9 Å². The van der Waals surface area contributed by atoms with E-state index in [1.807, 2.05) is 48.0 Å². The lowest BCUT2D eigenvalue weighted by Crippen LogP contribution is -2.42. The van der Waals surface area contributed by atoms with Crippen molar-refractivity contribution in [2.24, 2.45) is 0 Å². The summed E-state index contributed by atoms with van der Waals surface area (Å²) in [5.74, 6) is 0.608. The zero-order valence-electron chi connectivity index (χ0n) is 22.0. The molecule has 1 aliphatic rings. The Kier molecular flexibility index (Phi) is 7.40. The molecule has 1 aromatic carbocycles. The number of hydrogen-bond acceptors (Lipinski definition) is 6. The van der Waals surface area contributed by atoms with Crippen LogP contribution in [0.4, 0.5) is 5.82 Å². The van der Waals surface area contributed by atoms with Gasteiger partial charge >= 0.3 is 0 Å². The molecule has 0 bridgehead atoms. The maximum Gasteiger partial charge on any atom is 0.240 e. The topological polar surface area (TPSA) is 80.1 Å². The highest BCUT2D eigenvalue weighted by Crippen LogP contribution is 2.48. The standard InChI is InChI=1S/C29H31N5O2S2/c1-19-7-5-6-8-22(19)34-28-25(27(32-34)29(2,3)4)26(21-11-14-37-17-21)38-18-24(36)33(28)16-23(35)31-15-20-9-12-30-13-10-20/h5-14,17,26H,15-16,18H2,1-4H3,(H,31,35)/t26-/m1/s1. The van der Waals surface area contributed by atoms with E-state index < -0.39 is 0 Å². The largest absolute Gasteiger partial charge is 0.350 e. The van der Waals surface area contributed by atoms with E-state index in [0.717, 1.165) is 33.6 Å². The van der Waals surface area contributed by atoms with E-state index in [2.05, 4.69) is 47.9 Å². The predicted octanol–water partition coefficient (Wildman–Crippen LogP) is 5.42. The summed E-state index contributed by atoms with van der Waals surface area (Å²) in [4.78, 5) is 32.6. The van der Waals surface area contributed by atoms with Crippen LogP contribution in [0.5, 0.6) is 0 Å². The second-order valence-electron chi connectivity index (χ2n) is 10.4. The molecule has 0 saturated carbocycles. The smallest absolute Gasteiger partial charge is 0.240 e. The number of rotatable bonds is 6. The third-order valence-electron chi connectivity index (χ3n) is 6.53. The number of aromatic nitrogens is 3. The lowest BCUT2D eigenvalue weighted by Gasteiger charge is -2.24. The molecule has 0 saturated heterocycles.